The zero-order valence-electron chi connectivity index (χ0n) is 20.0. The van der Waals surface area contributed by atoms with Gasteiger partial charge in [-0.3, -0.25) is 4.79 Å². The van der Waals surface area contributed by atoms with Gasteiger partial charge in [-0.1, -0.05) is 25.1 Å². The number of nitrogen functional groups attached to an aromatic ring is 1. The third-order valence-electron chi connectivity index (χ3n) is 5.75. The number of nitrogens with zero attached hydrogens (tertiary/aromatic N) is 2. The van der Waals surface area contributed by atoms with Crippen LogP contribution in [0.1, 0.15) is 29.5 Å². The predicted molar refractivity (Wildman–Crippen MR) is 137 cm³/mol. The fraction of sp³-hybridized carbons (Fsp3) is 0.375. The van der Waals surface area contributed by atoms with E-state index >= 15 is 0 Å². The van der Waals surface area contributed by atoms with Crippen LogP contribution in [0.4, 0.5) is 11.5 Å². The molecule has 3 aliphatic rings. The van der Waals surface area contributed by atoms with Crippen molar-refractivity contribution in [3.05, 3.63) is 58.9 Å². The Bertz CT molecular complexity index is 1280. The molecule has 1 unspecified atom stereocenters. The highest BCUT2D eigenvalue weighted by molar-refractivity contribution is 7.93. The van der Waals surface area contributed by atoms with E-state index < -0.39 is 15.9 Å². The van der Waals surface area contributed by atoms with Crippen molar-refractivity contribution in [2.75, 3.05) is 50.5 Å². The SMILES string of the molecule is CC1CC2=CC=C1S(=O)(=O)NCCNCCOCCOc1ccccc1NC(=O)c1nc2cnc1N. The number of hydrogen-bond donors (Lipinski definition) is 4. The summed E-state index contributed by atoms with van der Waals surface area (Å²) in [6, 6.07) is 7.05. The lowest BCUT2D eigenvalue weighted by molar-refractivity contribution is 0.101. The lowest BCUT2D eigenvalue weighted by Gasteiger charge is -2.22. The number of sulfonamides is 1. The maximum atomic E-state index is 13.1. The quantitative estimate of drug-likeness (QED) is 0.383. The number of amides is 1. The van der Waals surface area contributed by atoms with E-state index in [9.17, 15) is 13.2 Å². The van der Waals surface area contributed by atoms with Crippen LogP contribution in [0.5, 0.6) is 5.75 Å². The maximum Gasteiger partial charge on any atom is 0.278 e. The molecule has 0 saturated carbocycles. The van der Waals surface area contributed by atoms with Crippen molar-refractivity contribution in [1.29, 1.82) is 0 Å². The molecule has 5 N–H and O–H groups in total. The van der Waals surface area contributed by atoms with Crippen molar-refractivity contribution >= 4 is 33.0 Å². The van der Waals surface area contributed by atoms with Gasteiger partial charge in [-0.25, -0.2) is 23.1 Å². The van der Waals surface area contributed by atoms with Gasteiger partial charge in [0.15, 0.2) is 11.5 Å². The van der Waals surface area contributed by atoms with Crippen LogP contribution in [0.25, 0.3) is 5.57 Å². The summed E-state index contributed by atoms with van der Waals surface area (Å²) in [5.74, 6) is -0.345. The molecule has 192 valence electrons. The van der Waals surface area contributed by atoms with Gasteiger partial charge in [-0.15, -0.1) is 0 Å². The Morgan fingerprint density at radius 2 is 1.92 bits per heavy atom. The van der Waals surface area contributed by atoms with E-state index in [2.05, 4.69) is 25.3 Å². The number of carbonyl (C=O) groups excluding carboxylic acids is 1. The van der Waals surface area contributed by atoms with E-state index in [0.717, 1.165) is 5.57 Å². The number of carbonyl (C=O) groups is 1. The first-order chi connectivity index (χ1) is 17.3. The second-order valence-corrected chi connectivity index (χ2v) is 10.2. The van der Waals surface area contributed by atoms with Crippen LogP contribution >= 0.6 is 0 Å². The Morgan fingerprint density at radius 1 is 1.08 bits per heavy atom. The van der Waals surface area contributed by atoms with Gasteiger partial charge in [0.2, 0.25) is 10.0 Å². The number of para-hydroxylation sites is 2. The molecule has 1 aromatic heterocycles. The van der Waals surface area contributed by atoms with Gasteiger partial charge < -0.3 is 25.8 Å². The Kier molecular flexibility index (Phi) is 8.31. The third kappa shape index (κ3) is 6.26. The van der Waals surface area contributed by atoms with Crippen LogP contribution < -0.4 is 25.8 Å². The number of benzene rings is 1. The number of fused-ring (bicyclic) bond motifs is 13. The maximum absolute atomic E-state index is 13.1. The molecule has 0 fully saturated rings. The molecule has 2 aromatic rings. The number of anilines is 2. The van der Waals surface area contributed by atoms with Crippen LogP contribution in [0.15, 0.2) is 47.5 Å². The van der Waals surface area contributed by atoms with Crippen LogP contribution in [-0.2, 0) is 14.8 Å². The Balaban J connectivity index is 1.65. The highest BCUT2D eigenvalue weighted by Crippen LogP contribution is 2.33. The molecule has 2 aliphatic heterocycles. The fourth-order valence-electron chi connectivity index (χ4n) is 3.93. The van der Waals surface area contributed by atoms with Crippen LogP contribution in [0.2, 0.25) is 0 Å². The molecular formula is C24H30N6O5S. The van der Waals surface area contributed by atoms with Crippen LogP contribution in [0, 0.1) is 5.92 Å². The second-order valence-electron chi connectivity index (χ2n) is 8.41. The highest BCUT2D eigenvalue weighted by atomic mass is 32.2. The largest absolute Gasteiger partial charge is 0.489 e. The molecule has 1 atom stereocenters. The number of rotatable bonds is 0. The van der Waals surface area contributed by atoms with Gasteiger partial charge in [0, 0.05) is 19.6 Å². The highest BCUT2D eigenvalue weighted by Gasteiger charge is 2.27. The molecule has 0 radical (unpaired) electrons. The first-order valence-corrected chi connectivity index (χ1v) is 13.2. The smallest absolute Gasteiger partial charge is 0.278 e. The van der Waals surface area contributed by atoms with Crippen molar-refractivity contribution in [1.82, 2.24) is 20.0 Å². The number of nitrogens with one attached hydrogen (secondary N) is 3. The fourth-order valence-corrected chi connectivity index (χ4v) is 5.32. The lowest BCUT2D eigenvalue weighted by atomic mass is 9.94. The predicted octanol–water partition coefficient (Wildman–Crippen LogP) is 1.54. The van der Waals surface area contributed by atoms with E-state index in [4.69, 9.17) is 15.2 Å². The van der Waals surface area contributed by atoms with Gasteiger partial charge in [-0.05, 0) is 36.1 Å². The van der Waals surface area contributed by atoms with Crippen molar-refractivity contribution in [2.24, 2.45) is 5.92 Å². The zero-order chi connectivity index (χ0) is 25.5. The van der Waals surface area contributed by atoms with E-state index in [1.165, 1.54) is 6.20 Å². The first kappa shape index (κ1) is 25.8. The molecule has 4 bridgehead atoms. The van der Waals surface area contributed by atoms with E-state index in [0.29, 0.717) is 54.8 Å². The molecule has 1 aromatic carbocycles. The summed E-state index contributed by atoms with van der Waals surface area (Å²) in [5, 5.41) is 5.94. The van der Waals surface area contributed by atoms with Gasteiger partial charge >= 0.3 is 0 Å². The molecular weight excluding hydrogens is 484 g/mol. The molecule has 12 heteroatoms. The van der Waals surface area contributed by atoms with Crippen LogP contribution in [0.3, 0.4) is 0 Å². The van der Waals surface area contributed by atoms with Gasteiger partial charge in [-0.2, -0.15) is 0 Å². The van der Waals surface area contributed by atoms with E-state index in [1.807, 2.05) is 6.92 Å². The molecule has 0 saturated heterocycles. The van der Waals surface area contributed by atoms with Gasteiger partial charge in [0.1, 0.15) is 12.4 Å². The minimum atomic E-state index is -3.64. The number of allylic oxidation sites excluding steroid dienone is 4. The molecule has 11 nitrogen and oxygen atoms in total. The topological polar surface area (TPSA) is 158 Å². The molecule has 36 heavy (non-hydrogen) atoms. The summed E-state index contributed by atoms with van der Waals surface area (Å²) in [5.41, 5.74) is 7.63. The van der Waals surface area contributed by atoms with Crippen molar-refractivity contribution in [3.8, 4) is 5.75 Å². The standard InChI is InChI=1S/C24H30N6O5S/c1-16-14-17-6-7-21(16)36(32,33)28-9-8-26-10-11-34-12-13-35-20-5-3-2-4-18(20)30-24(31)22-23(25)27-15-19(17)29-22/h2-7,15-16,26,28H,8-14H2,1H3,(H2,25,27)(H,30,31). The number of nitrogens with two attached hydrogens (primary N) is 1. The average Bonchev–Trinajstić information content (AvgIpc) is 2.85. The average molecular weight is 515 g/mol. The summed E-state index contributed by atoms with van der Waals surface area (Å²) in [6.07, 6.45) is 5.17. The van der Waals surface area contributed by atoms with Gasteiger partial charge in [0.05, 0.1) is 35.7 Å². The Hall–Kier alpha value is -3.32. The monoisotopic (exact) mass is 514 g/mol. The van der Waals surface area contributed by atoms with E-state index in [1.54, 1.807) is 36.4 Å². The summed E-state index contributed by atoms with van der Waals surface area (Å²) in [4.78, 5) is 22.0. The molecule has 1 amide bonds. The minimum absolute atomic E-state index is 0.0152. The van der Waals surface area contributed by atoms with Crippen LogP contribution in [-0.4, -0.2) is 63.7 Å². The van der Waals surface area contributed by atoms with Gasteiger partial charge in [0.25, 0.3) is 5.91 Å². The summed E-state index contributed by atoms with van der Waals surface area (Å²) >= 11 is 0. The normalized spacial score (nSPS) is 21.5. The molecule has 0 spiro atoms. The number of ether oxygens (including phenoxy) is 2. The van der Waals surface area contributed by atoms with Crippen molar-refractivity contribution in [2.45, 2.75) is 13.3 Å². The summed E-state index contributed by atoms with van der Waals surface area (Å²) < 4.78 is 39.6. The Morgan fingerprint density at radius 3 is 2.75 bits per heavy atom. The second kappa shape index (κ2) is 11.6. The molecule has 3 heterocycles. The molecule has 1 aliphatic carbocycles. The van der Waals surface area contributed by atoms with Crippen molar-refractivity contribution < 1.29 is 22.7 Å². The van der Waals surface area contributed by atoms with E-state index in [-0.39, 0.29) is 30.6 Å². The zero-order valence-corrected chi connectivity index (χ0v) is 20.8. The lowest BCUT2D eigenvalue weighted by Crippen LogP contribution is -2.35. The number of aromatic nitrogens is 2. The Labute approximate surface area is 210 Å². The third-order valence-corrected chi connectivity index (χ3v) is 7.50. The number of hydrogen-bond acceptors (Lipinski definition) is 9. The first-order valence-electron chi connectivity index (χ1n) is 11.7. The summed E-state index contributed by atoms with van der Waals surface area (Å²) in [7, 11) is -3.64. The van der Waals surface area contributed by atoms with Crippen molar-refractivity contribution in [3.63, 3.8) is 0 Å². The minimum Gasteiger partial charge on any atom is -0.489 e. The summed E-state index contributed by atoms with van der Waals surface area (Å²) in [6.45, 7) is 4.20. The molecule has 5 rings (SSSR count).